The second-order valence-electron chi connectivity index (χ2n) is 5.04. The topological polar surface area (TPSA) is 77.4 Å². The molecule has 0 bridgehead atoms. The maximum Gasteiger partial charge on any atom is 0.315 e. The number of halogens is 1. The number of urea groups is 1. The molecule has 1 heterocycles. The van der Waals surface area contributed by atoms with Crippen LogP contribution >= 0.6 is 0 Å². The average Bonchev–Trinajstić information content (AvgIpc) is 2.90. The number of carbonyl (C=O) groups is 1. The van der Waals surface area contributed by atoms with Crippen LogP contribution in [0.4, 0.5) is 14.9 Å². The summed E-state index contributed by atoms with van der Waals surface area (Å²) in [5, 5.41) is 14.6. The van der Waals surface area contributed by atoms with Crippen molar-refractivity contribution in [2.75, 3.05) is 31.6 Å². The highest BCUT2D eigenvalue weighted by Gasteiger charge is 2.35. The van der Waals surface area contributed by atoms with Crippen molar-refractivity contribution in [3.05, 3.63) is 29.6 Å². The van der Waals surface area contributed by atoms with Gasteiger partial charge in [0.2, 0.25) is 0 Å². The molecule has 0 unspecified atom stereocenters. The molecule has 0 spiro atoms. The summed E-state index contributed by atoms with van der Waals surface area (Å²) >= 11 is 0. The molecule has 2 amide bonds. The molecule has 118 valence electrons. The van der Waals surface area contributed by atoms with E-state index < -0.39 is 5.82 Å². The largest absolute Gasteiger partial charge is 0.377 e. The van der Waals surface area contributed by atoms with Gasteiger partial charge in [-0.05, 0) is 19.1 Å². The van der Waals surface area contributed by atoms with E-state index in [9.17, 15) is 9.18 Å². The number of nitrogens with zero attached hydrogens (tertiary/aromatic N) is 2. The van der Waals surface area contributed by atoms with E-state index in [1.54, 1.807) is 19.2 Å². The summed E-state index contributed by atoms with van der Waals surface area (Å²) in [5.41, 5.74) is 0.528. The fourth-order valence-electron chi connectivity index (χ4n) is 2.62. The van der Waals surface area contributed by atoms with E-state index in [1.807, 2.05) is 17.9 Å². The lowest BCUT2D eigenvalue weighted by molar-refractivity contribution is 0.0992. The normalized spacial score (nSPS) is 20.5. The molecule has 1 aromatic carbocycles. The first-order valence-electron chi connectivity index (χ1n) is 7.11. The number of nitriles is 1. The molecule has 2 rings (SSSR count). The predicted octanol–water partition coefficient (Wildman–Crippen LogP) is 1.22. The van der Waals surface area contributed by atoms with Crippen molar-refractivity contribution in [2.45, 2.75) is 19.1 Å². The lowest BCUT2D eigenvalue weighted by Gasteiger charge is -2.20. The summed E-state index contributed by atoms with van der Waals surface area (Å²) in [6, 6.07) is 5.92. The van der Waals surface area contributed by atoms with Gasteiger partial charge in [0.15, 0.2) is 0 Å². The Morgan fingerprint density at radius 3 is 2.95 bits per heavy atom. The van der Waals surface area contributed by atoms with Crippen LogP contribution in [0.3, 0.4) is 0 Å². The number of nitrogens with one attached hydrogen (secondary N) is 2. The third-order valence-corrected chi connectivity index (χ3v) is 3.67. The van der Waals surface area contributed by atoms with Gasteiger partial charge in [0.25, 0.3) is 0 Å². The van der Waals surface area contributed by atoms with E-state index in [-0.39, 0.29) is 23.7 Å². The number of anilines is 1. The highest BCUT2D eigenvalue weighted by atomic mass is 19.1. The lowest BCUT2D eigenvalue weighted by Crippen LogP contribution is -2.48. The van der Waals surface area contributed by atoms with Gasteiger partial charge in [0.1, 0.15) is 17.4 Å². The highest BCUT2D eigenvalue weighted by molar-refractivity contribution is 5.74. The molecule has 1 saturated heterocycles. The van der Waals surface area contributed by atoms with Crippen LogP contribution in [0, 0.1) is 17.1 Å². The lowest BCUT2D eigenvalue weighted by atomic mass is 10.1. The molecule has 1 aromatic rings. The van der Waals surface area contributed by atoms with E-state index in [1.165, 1.54) is 6.07 Å². The number of amides is 2. The van der Waals surface area contributed by atoms with Crippen molar-refractivity contribution in [3.8, 4) is 6.07 Å². The summed E-state index contributed by atoms with van der Waals surface area (Å²) in [4.78, 5) is 13.5. The van der Waals surface area contributed by atoms with Crippen molar-refractivity contribution in [2.24, 2.45) is 0 Å². The fourth-order valence-corrected chi connectivity index (χ4v) is 2.62. The van der Waals surface area contributed by atoms with E-state index in [0.29, 0.717) is 25.3 Å². The second kappa shape index (κ2) is 7.09. The Bertz CT molecular complexity index is 587. The van der Waals surface area contributed by atoms with Crippen LogP contribution in [-0.4, -0.2) is 44.9 Å². The van der Waals surface area contributed by atoms with Crippen LogP contribution in [0.5, 0.6) is 0 Å². The summed E-state index contributed by atoms with van der Waals surface area (Å²) in [7, 11) is 1.57. The quantitative estimate of drug-likeness (QED) is 0.877. The van der Waals surface area contributed by atoms with Crippen LogP contribution in [-0.2, 0) is 4.74 Å². The molecular formula is C15H19FN4O2. The number of methoxy groups -OCH3 is 1. The Kier molecular flexibility index (Phi) is 5.17. The van der Waals surface area contributed by atoms with Gasteiger partial charge in [-0.3, -0.25) is 0 Å². The zero-order valence-corrected chi connectivity index (χ0v) is 12.6. The first-order chi connectivity index (χ1) is 10.6. The SMILES string of the molecule is CCNC(=O)N[C@H]1CN(c2cccc(F)c2C#N)C[C@@H]1OC. The molecule has 22 heavy (non-hydrogen) atoms. The Morgan fingerprint density at radius 2 is 2.32 bits per heavy atom. The minimum absolute atomic E-state index is 0.0102. The summed E-state index contributed by atoms with van der Waals surface area (Å²) < 4.78 is 19.1. The van der Waals surface area contributed by atoms with Gasteiger partial charge in [0.05, 0.1) is 17.8 Å². The average molecular weight is 306 g/mol. The molecule has 0 saturated carbocycles. The summed E-state index contributed by atoms with van der Waals surface area (Å²) in [6.07, 6.45) is -0.225. The third-order valence-electron chi connectivity index (χ3n) is 3.67. The van der Waals surface area contributed by atoms with E-state index in [2.05, 4.69) is 10.6 Å². The van der Waals surface area contributed by atoms with Gasteiger partial charge in [-0.1, -0.05) is 6.07 Å². The first kappa shape index (κ1) is 16.0. The van der Waals surface area contributed by atoms with Crippen LogP contribution in [0.15, 0.2) is 18.2 Å². The summed E-state index contributed by atoms with van der Waals surface area (Å²) in [5.74, 6) is -0.547. The third kappa shape index (κ3) is 3.28. The van der Waals surface area contributed by atoms with Crippen LogP contribution in [0.1, 0.15) is 12.5 Å². The highest BCUT2D eigenvalue weighted by Crippen LogP contribution is 2.27. The number of hydrogen-bond donors (Lipinski definition) is 2. The zero-order chi connectivity index (χ0) is 16.1. The van der Waals surface area contributed by atoms with E-state index in [0.717, 1.165) is 0 Å². The van der Waals surface area contributed by atoms with Crippen LogP contribution in [0.25, 0.3) is 0 Å². The van der Waals surface area contributed by atoms with E-state index >= 15 is 0 Å². The Labute approximate surface area is 128 Å². The zero-order valence-electron chi connectivity index (χ0n) is 12.6. The van der Waals surface area contributed by atoms with E-state index in [4.69, 9.17) is 10.00 Å². The Hall–Kier alpha value is -2.33. The maximum absolute atomic E-state index is 13.7. The number of rotatable bonds is 4. The molecule has 0 aliphatic carbocycles. The van der Waals surface area contributed by atoms with Gasteiger partial charge >= 0.3 is 6.03 Å². The molecule has 1 aliphatic heterocycles. The van der Waals surface area contributed by atoms with Crippen LogP contribution in [0.2, 0.25) is 0 Å². The second-order valence-corrected chi connectivity index (χ2v) is 5.04. The molecule has 2 N–H and O–H groups in total. The van der Waals surface area contributed by atoms with Gasteiger partial charge in [-0.25, -0.2) is 9.18 Å². The van der Waals surface area contributed by atoms with Crippen molar-refractivity contribution >= 4 is 11.7 Å². The minimum atomic E-state index is -0.547. The smallest absolute Gasteiger partial charge is 0.315 e. The Balaban J connectivity index is 2.17. The number of benzene rings is 1. The molecule has 1 fully saturated rings. The molecule has 1 aliphatic rings. The molecule has 0 radical (unpaired) electrons. The number of hydrogen-bond acceptors (Lipinski definition) is 4. The molecular weight excluding hydrogens is 287 g/mol. The minimum Gasteiger partial charge on any atom is -0.377 e. The molecule has 2 atom stereocenters. The van der Waals surface area contributed by atoms with Gasteiger partial charge in [-0.2, -0.15) is 5.26 Å². The summed E-state index contributed by atoms with van der Waals surface area (Å²) in [6.45, 7) is 3.29. The van der Waals surface area contributed by atoms with Crippen molar-refractivity contribution < 1.29 is 13.9 Å². The number of ether oxygens (including phenoxy) is 1. The monoisotopic (exact) mass is 306 g/mol. The fraction of sp³-hybridized carbons (Fsp3) is 0.467. The molecule has 0 aromatic heterocycles. The van der Waals surface area contributed by atoms with Gasteiger partial charge < -0.3 is 20.3 Å². The van der Waals surface area contributed by atoms with Crippen molar-refractivity contribution in [3.63, 3.8) is 0 Å². The molecule has 6 nitrogen and oxygen atoms in total. The van der Waals surface area contributed by atoms with Crippen molar-refractivity contribution in [1.82, 2.24) is 10.6 Å². The predicted molar refractivity (Wildman–Crippen MR) is 80.1 cm³/mol. The Morgan fingerprint density at radius 1 is 1.55 bits per heavy atom. The van der Waals surface area contributed by atoms with Crippen molar-refractivity contribution in [1.29, 1.82) is 5.26 Å². The molecule has 7 heteroatoms. The first-order valence-corrected chi connectivity index (χ1v) is 7.11. The maximum atomic E-state index is 13.7. The number of carbonyl (C=O) groups excluding carboxylic acids is 1. The van der Waals surface area contributed by atoms with Gasteiger partial charge in [0, 0.05) is 26.7 Å². The van der Waals surface area contributed by atoms with Crippen LogP contribution < -0.4 is 15.5 Å². The van der Waals surface area contributed by atoms with Gasteiger partial charge in [-0.15, -0.1) is 0 Å². The standard InChI is InChI=1S/C15H19FN4O2/c1-3-18-15(21)19-12-8-20(9-14(12)22-2)13-6-4-5-11(16)10(13)7-17/h4-6,12,14H,3,8-9H2,1-2H3,(H2,18,19,21)/t12-,14-/m0/s1.